The van der Waals surface area contributed by atoms with Gasteiger partial charge in [-0.15, -0.1) is 0 Å². The van der Waals surface area contributed by atoms with Crippen molar-refractivity contribution in [3.63, 3.8) is 0 Å². The number of fused-ring (bicyclic) bond motifs is 1. The Hall–Kier alpha value is -2.42. The van der Waals surface area contributed by atoms with Gasteiger partial charge in [0, 0.05) is 23.7 Å². The van der Waals surface area contributed by atoms with E-state index in [1.54, 1.807) is 12.3 Å². The number of benzene rings is 2. The molecule has 3 heteroatoms. The first-order chi connectivity index (χ1) is 9.66. The van der Waals surface area contributed by atoms with Crippen LogP contribution in [0.5, 0.6) is 0 Å². The normalized spacial score (nSPS) is 10.9. The van der Waals surface area contributed by atoms with Crippen molar-refractivity contribution in [1.82, 2.24) is 4.57 Å². The lowest BCUT2D eigenvalue weighted by Crippen LogP contribution is -1.97. The highest BCUT2D eigenvalue weighted by atomic mass is 19.1. The molecule has 0 saturated carbocycles. The molecule has 0 amide bonds. The second-order valence-corrected chi connectivity index (χ2v) is 4.85. The Bertz CT molecular complexity index is 774. The van der Waals surface area contributed by atoms with Crippen LogP contribution in [0.1, 0.15) is 22.8 Å². The molecule has 100 valence electrons. The smallest absolute Gasteiger partial charge is 0.162 e. The van der Waals surface area contributed by atoms with Crippen LogP contribution in [-0.4, -0.2) is 10.4 Å². The van der Waals surface area contributed by atoms with Crippen molar-refractivity contribution >= 4 is 16.7 Å². The molecule has 0 fully saturated rings. The molecule has 0 unspecified atom stereocenters. The molecule has 1 aromatic heterocycles. The lowest BCUT2D eigenvalue weighted by molar-refractivity contribution is 0.101. The molecule has 0 aliphatic heterocycles. The molecule has 3 aromatic rings. The van der Waals surface area contributed by atoms with Crippen LogP contribution in [0.3, 0.4) is 0 Å². The number of rotatable bonds is 3. The zero-order chi connectivity index (χ0) is 14.1. The van der Waals surface area contributed by atoms with Crippen molar-refractivity contribution in [3.05, 3.63) is 71.7 Å². The molecule has 0 saturated heterocycles. The molecule has 0 bridgehead atoms. The Morgan fingerprint density at radius 3 is 2.55 bits per heavy atom. The Balaban J connectivity index is 2.17. The quantitative estimate of drug-likeness (QED) is 0.657. The third-order valence-electron chi connectivity index (χ3n) is 3.43. The molecule has 2 nitrogen and oxygen atoms in total. The van der Waals surface area contributed by atoms with Gasteiger partial charge in [0.25, 0.3) is 0 Å². The highest BCUT2D eigenvalue weighted by molar-refractivity contribution is 6.07. The standard InChI is InChI=1S/C17H14FNO/c1-12(20)14-11-19(10-13-6-3-2-4-7-13)16-9-5-8-15(18)17(14)16/h2-9,11H,10H2,1H3. The summed E-state index contributed by atoms with van der Waals surface area (Å²) in [5.41, 5.74) is 2.30. The molecule has 0 radical (unpaired) electrons. The fourth-order valence-corrected chi connectivity index (χ4v) is 2.49. The predicted molar refractivity (Wildman–Crippen MR) is 77.4 cm³/mol. The summed E-state index contributed by atoms with van der Waals surface area (Å²) in [6.07, 6.45) is 1.74. The van der Waals surface area contributed by atoms with Gasteiger partial charge in [-0.2, -0.15) is 0 Å². The maximum absolute atomic E-state index is 14.0. The van der Waals surface area contributed by atoms with Crippen molar-refractivity contribution in [3.8, 4) is 0 Å². The van der Waals surface area contributed by atoms with Gasteiger partial charge >= 0.3 is 0 Å². The Morgan fingerprint density at radius 1 is 1.10 bits per heavy atom. The van der Waals surface area contributed by atoms with Crippen molar-refractivity contribution in [2.24, 2.45) is 0 Å². The van der Waals surface area contributed by atoms with E-state index in [1.807, 2.05) is 41.0 Å². The van der Waals surface area contributed by atoms with Crippen LogP contribution in [0.4, 0.5) is 4.39 Å². The van der Waals surface area contributed by atoms with Gasteiger partial charge in [0.15, 0.2) is 5.78 Å². The zero-order valence-corrected chi connectivity index (χ0v) is 11.1. The van der Waals surface area contributed by atoms with E-state index in [9.17, 15) is 9.18 Å². The molecular formula is C17H14FNO. The number of ketones is 1. The van der Waals surface area contributed by atoms with Crippen LogP contribution in [0.15, 0.2) is 54.7 Å². The number of carbonyl (C=O) groups excluding carboxylic acids is 1. The Morgan fingerprint density at radius 2 is 1.85 bits per heavy atom. The van der Waals surface area contributed by atoms with Crippen LogP contribution in [0, 0.1) is 5.82 Å². The van der Waals surface area contributed by atoms with Crippen LogP contribution in [-0.2, 0) is 6.54 Å². The molecule has 0 aliphatic carbocycles. The van der Waals surface area contributed by atoms with Gasteiger partial charge in [-0.3, -0.25) is 4.79 Å². The van der Waals surface area contributed by atoms with Gasteiger partial charge in [-0.05, 0) is 24.6 Å². The molecule has 1 heterocycles. The molecule has 3 rings (SSSR count). The van der Waals surface area contributed by atoms with Crippen LogP contribution in [0.25, 0.3) is 10.9 Å². The molecule has 20 heavy (non-hydrogen) atoms. The molecule has 0 N–H and O–H groups in total. The topological polar surface area (TPSA) is 22.0 Å². The summed E-state index contributed by atoms with van der Waals surface area (Å²) >= 11 is 0. The van der Waals surface area contributed by atoms with Crippen molar-refractivity contribution in [1.29, 1.82) is 0 Å². The van der Waals surface area contributed by atoms with Gasteiger partial charge in [0.2, 0.25) is 0 Å². The van der Waals surface area contributed by atoms with Crippen molar-refractivity contribution in [2.45, 2.75) is 13.5 Å². The zero-order valence-electron chi connectivity index (χ0n) is 11.1. The van der Waals surface area contributed by atoms with Crippen LogP contribution >= 0.6 is 0 Å². The predicted octanol–water partition coefficient (Wildman–Crippen LogP) is 4.03. The van der Waals surface area contributed by atoms with Crippen molar-refractivity contribution in [2.75, 3.05) is 0 Å². The largest absolute Gasteiger partial charge is 0.342 e. The number of aromatic nitrogens is 1. The number of hydrogen-bond donors (Lipinski definition) is 0. The van der Waals surface area contributed by atoms with E-state index in [0.717, 1.165) is 11.1 Å². The Kier molecular flexibility index (Phi) is 3.11. The van der Waals surface area contributed by atoms with E-state index < -0.39 is 0 Å². The number of Topliss-reactive ketones (excluding diaryl/α,β-unsaturated/α-hetero) is 1. The number of nitrogens with zero attached hydrogens (tertiary/aromatic N) is 1. The van der Waals surface area contributed by atoms with Gasteiger partial charge < -0.3 is 4.57 Å². The van der Waals surface area contributed by atoms with E-state index >= 15 is 0 Å². The third kappa shape index (κ3) is 2.11. The summed E-state index contributed by atoms with van der Waals surface area (Å²) < 4.78 is 15.9. The summed E-state index contributed by atoms with van der Waals surface area (Å²) in [6.45, 7) is 2.09. The minimum absolute atomic E-state index is 0.119. The first-order valence-electron chi connectivity index (χ1n) is 6.49. The summed E-state index contributed by atoms with van der Waals surface area (Å²) in [5.74, 6) is -0.466. The van der Waals surface area contributed by atoms with Crippen LogP contribution < -0.4 is 0 Å². The summed E-state index contributed by atoms with van der Waals surface area (Å²) in [5, 5.41) is 0.413. The first-order valence-corrected chi connectivity index (χ1v) is 6.49. The minimum Gasteiger partial charge on any atom is -0.342 e. The van der Waals surface area contributed by atoms with E-state index in [0.29, 0.717) is 17.5 Å². The fourth-order valence-electron chi connectivity index (χ4n) is 2.49. The molecular weight excluding hydrogens is 253 g/mol. The number of carbonyl (C=O) groups is 1. The number of halogens is 1. The second kappa shape index (κ2) is 4.93. The maximum Gasteiger partial charge on any atom is 0.162 e. The van der Waals surface area contributed by atoms with E-state index in [-0.39, 0.29) is 11.6 Å². The highest BCUT2D eigenvalue weighted by Gasteiger charge is 2.15. The molecule has 2 aromatic carbocycles. The van der Waals surface area contributed by atoms with Gasteiger partial charge in [-0.1, -0.05) is 36.4 Å². The first kappa shape index (κ1) is 12.6. The van der Waals surface area contributed by atoms with Gasteiger partial charge in [0.1, 0.15) is 5.82 Å². The maximum atomic E-state index is 14.0. The molecule has 0 atom stereocenters. The average Bonchev–Trinajstić information content (AvgIpc) is 2.81. The molecule has 0 spiro atoms. The summed E-state index contributed by atoms with van der Waals surface area (Å²) in [4.78, 5) is 11.7. The summed E-state index contributed by atoms with van der Waals surface area (Å²) in [6, 6.07) is 14.8. The average molecular weight is 267 g/mol. The van der Waals surface area contributed by atoms with Crippen molar-refractivity contribution < 1.29 is 9.18 Å². The van der Waals surface area contributed by atoms with Gasteiger partial charge in [-0.25, -0.2) is 4.39 Å². The van der Waals surface area contributed by atoms with E-state index in [2.05, 4.69) is 0 Å². The lowest BCUT2D eigenvalue weighted by atomic mass is 10.1. The SMILES string of the molecule is CC(=O)c1cn(Cc2ccccc2)c2cccc(F)c12. The van der Waals surface area contributed by atoms with Crippen LogP contribution in [0.2, 0.25) is 0 Å². The van der Waals surface area contributed by atoms with E-state index in [1.165, 1.54) is 13.0 Å². The van der Waals surface area contributed by atoms with E-state index in [4.69, 9.17) is 0 Å². The minimum atomic E-state index is -0.348. The monoisotopic (exact) mass is 267 g/mol. The molecule has 0 aliphatic rings. The summed E-state index contributed by atoms with van der Waals surface area (Å²) in [7, 11) is 0. The third-order valence-corrected chi connectivity index (χ3v) is 3.43. The fraction of sp³-hybridized carbons (Fsp3) is 0.118. The highest BCUT2D eigenvalue weighted by Crippen LogP contribution is 2.25. The Labute approximate surface area is 116 Å². The second-order valence-electron chi connectivity index (χ2n) is 4.85. The lowest BCUT2D eigenvalue weighted by Gasteiger charge is -2.05. The number of hydrogen-bond acceptors (Lipinski definition) is 1. The van der Waals surface area contributed by atoms with Gasteiger partial charge in [0.05, 0.1) is 5.52 Å².